The van der Waals surface area contributed by atoms with Crippen LogP contribution < -0.4 is 15.4 Å². The molecule has 0 aliphatic carbocycles. The van der Waals surface area contributed by atoms with Gasteiger partial charge in [0.05, 0.1) is 17.0 Å². The second-order valence-electron chi connectivity index (χ2n) is 12.5. The van der Waals surface area contributed by atoms with E-state index in [9.17, 15) is 23.4 Å². The van der Waals surface area contributed by atoms with Crippen molar-refractivity contribution in [3.05, 3.63) is 48.6 Å². The molecule has 0 spiro atoms. The molecule has 12 heteroatoms. The van der Waals surface area contributed by atoms with Crippen LogP contribution in [0.3, 0.4) is 0 Å². The molecule has 3 unspecified atom stereocenters. The molecule has 252 valence electrons. The highest BCUT2D eigenvalue weighted by Gasteiger charge is 2.39. The molecule has 2 aliphatic heterocycles. The fraction of sp³-hybridized carbons (Fsp3) is 0.636. The fourth-order valence-corrected chi connectivity index (χ4v) is 6.14. The quantitative estimate of drug-likeness (QED) is 0.184. The number of carbonyl (C=O) groups excluding carboxylic acids is 4. The lowest BCUT2D eigenvalue weighted by Gasteiger charge is -2.35. The summed E-state index contributed by atoms with van der Waals surface area (Å²) < 4.78 is 20.6. The second-order valence-corrected chi connectivity index (χ2v) is 13.6. The summed E-state index contributed by atoms with van der Waals surface area (Å²) in [5.74, 6) is -0.699. The minimum atomic E-state index is -1.44. The number of ether oxygens (including phenoxy) is 1. The Bertz CT molecular complexity index is 1150. The molecule has 0 radical (unpaired) electrons. The van der Waals surface area contributed by atoms with Crippen LogP contribution in [0.4, 0.5) is 4.79 Å². The third kappa shape index (κ3) is 12.9. The number of hydrogen-bond acceptors (Lipinski definition) is 6. The van der Waals surface area contributed by atoms with E-state index in [0.717, 1.165) is 5.57 Å². The van der Waals surface area contributed by atoms with Gasteiger partial charge in [-0.15, -0.1) is 0 Å². The number of piperidine rings is 1. The Balaban J connectivity index is 1.99. The van der Waals surface area contributed by atoms with Crippen LogP contribution in [0.15, 0.2) is 48.6 Å². The minimum Gasteiger partial charge on any atom is -0.444 e. The first-order valence-corrected chi connectivity index (χ1v) is 17.4. The van der Waals surface area contributed by atoms with Crippen molar-refractivity contribution in [2.45, 2.75) is 90.3 Å². The lowest BCUT2D eigenvalue weighted by atomic mass is 9.90. The molecule has 0 bridgehead atoms. The first kappa shape index (κ1) is 37.9. The van der Waals surface area contributed by atoms with E-state index in [1.54, 1.807) is 28.0 Å². The van der Waals surface area contributed by atoms with Gasteiger partial charge in [0.15, 0.2) is 0 Å². The van der Waals surface area contributed by atoms with Crippen molar-refractivity contribution < 1.29 is 28.1 Å². The van der Waals surface area contributed by atoms with E-state index < -0.39 is 28.7 Å². The molecule has 2 rings (SSSR count). The summed E-state index contributed by atoms with van der Waals surface area (Å²) in [6.07, 6.45) is 12.4. The van der Waals surface area contributed by atoms with Gasteiger partial charge in [-0.3, -0.25) is 14.4 Å². The molecule has 2 aliphatic rings. The second kappa shape index (κ2) is 18.7. The number of carbonyl (C=O) groups is 4. The van der Waals surface area contributed by atoms with Crippen molar-refractivity contribution >= 4 is 34.8 Å². The first-order chi connectivity index (χ1) is 21.3. The van der Waals surface area contributed by atoms with Crippen LogP contribution in [-0.2, 0) is 30.1 Å². The molecule has 3 atom stereocenters. The Morgan fingerprint density at radius 3 is 2.33 bits per heavy atom. The molecule has 4 amide bonds. The maximum absolute atomic E-state index is 13.8. The smallest absolute Gasteiger partial charge is 0.410 e. The largest absolute Gasteiger partial charge is 0.444 e. The van der Waals surface area contributed by atoms with Crippen LogP contribution in [0.1, 0.15) is 72.6 Å². The maximum atomic E-state index is 13.8. The van der Waals surface area contributed by atoms with E-state index in [2.05, 4.69) is 28.5 Å². The number of allylic oxidation sites excluding steroid dienone is 4. The van der Waals surface area contributed by atoms with Gasteiger partial charge in [0.2, 0.25) is 17.7 Å². The number of rotatable bonds is 15. The summed E-state index contributed by atoms with van der Waals surface area (Å²) in [6, 6.07) is -1.40. The Morgan fingerprint density at radius 2 is 1.76 bits per heavy atom. The number of amides is 4. The number of nitrogens with zero attached hydrogens (tertiary/aromatic N) is 2. The molecule has 0 aromatic carbocycles. The van der Waals surface area contributed by atoms with Crippen molar-refractivity contribution in [3.63, 3.8) is 0 Å². The topological polar surface area (TPSA) is 137 Å². The summed E-state index contributed by atoms with van der Waals surface area (Å²) >= 11 is 0. The van der Waals surface area contributed by atoms with Crippen LogP contribution >= 0.6 is 0 Å². The van der Waals surface area contributed by atoms with Crippen molar-refractivity contribution in [2.24, 2.45) is 5.92 Å². The van der Waals surface area contributed by atoms with E-state index in [0.29, 0.717) is 76.7 Å². The van der Waals surface area contributed by atoms with E-state index in [4.69, 9.17) is 4.74 Å². The molecule has 45 heavy (non-hydrogen) atoms. The van der Waals surface area contributed by atoms with Crippen molar-refractivity contribution in [1.29, 1.82) is 0 Å². The lowest BCUT2D eigenvalue weighted by Crippen LogP contribution is -2.53. The van der Waals surface area contributed by atoms with Crippen LogP contribution in [0.25, 0.3) is 0 Å². The van der Waals surface area contributed by atoms with Crippen molar-refractivity contribution in [1.82, 2.24) is 25.2 Å². The lowest BCUT2D eigenvalue weighted by molar-refractivity contribution is -0.140. The summed E-state index contributed by atoms with van der Waals surface area (Å²) in [4.78, 5) is 55.6. The zero-order chi connectivity index (χ0) is 33.6. The molecule has 2 fully saturated rings. The zero-order valence-corrected chi connectivity index (χ0v) is 28.5. The van der Waals surface area contributed by atoms with Gasteiger partial charge in [0, 0.05) is 44.6 Å². The fourth-order valence-electron chi connectivity index (χ4n) is 5.54. The molecule has 0 aromatic rings. The molecular weight excluding hydrogens is 594 g/mol. The molecular formula is C33H53N5O6S. The molecule has 0 saturated carbocycles. The SMILES string of the molecule is C=C/C=C(\C=C)CCNC(=O)/C(=C/CC)CNC(=O)C1CCCN1C(=O)C(CC1CCN(C(=O)OC(C)(C)C)CC1)NS(C)=O. The third-order valence-electron chi connectivity index (χ3n) is 7.77. The Kier molecular flexibility index (Phi) is 15.7. The molecule has 2 saturated heterocycles. The molecule has 3 N–H and O–H groups in total. The van der Waals surface area contributed by atoms with Gasteiger partial charge >= 0.3 is 6.09 Å². The predicted molar refractivity (Wildman–Crippen MR) is 178 cm³/mol. The normalized spacial score (nSPS) is 19.4. The van der Waals surface area contributed by atoms with Gasteiger partial charge in [-0.2, -0.15) is 0 Å². The summed E-state index contributed by atoms with van der Waals surface area (Å²) in [7, 11) is -1.44. The van der Waals surface area contributed by atoms with E-state index in [1.165, 1.54) is 6.26 Å². The van der Waals surface area contributed by atoms with Gasteiger partial charge in [-0.05, 0) is 77.2 Å². The van der Waals surface area contributed by atoms with Crippen LogP contribution in [0, 0.1) is 5.92 Å². The van der Waals surface area contributed by atoms with E-state index in [1.807, 2.05) is 33.8 Å². The van der Waals surface area contributed by atoms with Crippen LogP contribution in [0.5, 0.6) is 0 Å². The first-order valence-electron chi connectivity index (χ1n) is 15.9. The maximum Gasteiger partial charge on any atom is 0.410 e. The van der Waals surface area contributed by atoms with Crippen molar-refractivity contribution in [3.8, 4) is 0 Å². The van der Waals surface area contributed by atoms with Gasteiger partial charge in [-0.25, -0.2) is 13.7 Å². The average Bonchev–Trinajstić information content (AvgIpc) is 3.47. The third-order valence-corrected chi connectivity index (χ3v) is 8.39. The van der Waals surface area contributed by atoms with Gasteiger partial charge in [0.1, 0.15) is 11.6 Å². The highest BCUT2D eigenvalue weighted by Crippen LogP contribution is 2.26. The molecule has 2 heterocycles. The number of likely N-dealkylation sites (tertiary alicyclic amines) is 2. The predicted octanol–water partition coefficient (Wildman–Crippen LogP) is 3.52. The Hall–Kier alpha value is -3.25. The summed E-state index contributed by atoms with van der Waals surface area (Å²) in [5, 5.41) is 5.76. The van der Waals surface area contributed by atoms with Gasteiger partial charge in [-0.1, -0.05) is 44.4 Å². The molecule has 0 aromatic heterocycles. The van der Waals surface area contributed by atoms with Crippen molar-refractivity contribution in [2.75, 3.05) is 39.0 Å². The number of hydrogen-bond donors (Lipinski definition) is 3. The van der Waals surface area contributed by atoms with E-state index >= 15 is 0 Å². The summed E-state index contributed by atoms with van der Waals surface area (Å²) in [6.45, 7) is 16.8. The monoisotopic (exact) mass is 647 g/mol. The minimum absolute atomic E-state index is 0.0464. The highest BCUT2D eigenvalue weighted by molar-refractivity contribution is 7.82. The van der Waals surface area contributed by atoms with Crippen LogP contribution in [0.2, 0.25) is 0 Å². The molecule has 11 nitrogen and oxygen atoms in total. The van der Waals surface area contributed by atoms with Gasteiger partial charge in [0.25, 0.3) is 0 Å². The van der Waals surface area contributed by atoms with E-state index in [-0.39, 0.29) is 36.3 Å². The average molecular weight is 648 g/mol. The number of nitrogens with one attached hydrogen (secondary N) is 3. The Labute approximate surface area is 271 Å². The highest BCUT2D eigenvalue weighted by atomic mass is 32.2. The van der Waals surface area contributed by atoms with Crippen LogP contribution in [-0.4, -0.2) is 94.5 Å². The zero-order valence-electron chi connectivity index (χ0n) is 27.7. The Morgan fingerprint density at radius 1 is 1.07 bits per heavy atom. The summed E-state index contributed by atoms with van der Waals surface area (Å²) in [5.41, 5.74) is 0.836. The van der Waals surface area contributed by atoms with Gasteiger partial charge < -0.3 is 25.2 Å². The standard InChI is InChI=1S/C33H53N5O6S/c1-8-12-24(10-3)15-18-34-29(39)26(13-9-2)23-35-30(40)28-14-11-19-38(28)31(41)27(36-45(7)43)22-25-16-20-37(21-17-25)32(42)44-33(4,5)6/h8,10,12-13,25,27-28,36H,1,3,9,11,14-23H2,2,4-7H3,(H,34,39)(H,35,40)/b24-12+,26-13+.